The van der Waals surface area contributed by atoms with E-state index in [2.05, 4.69) is 4.99 Å². The number of hydrogen-bond donors (Lipinski definition) is 1. The molecule has 0 amide bonds. The second-order valence-corrected chi connectivity index (χ2v) is 2.68. The highest BCUT2D eigenvalue weighted by atomic mass is 16.3. The van der Waals surface area contributed by atoms with Crippen molar-refractivity contribution in [2.75, 3.05) is 0 Å². The molecule has 12 heavy (non-hydrogen) atoms. The number of fused-ring (bicyclic) bond motifs is 1. The van der Waals surface area contributed by atoms with Crippen molar-refractivity contribution in [1.29, 1.82) is 0 Å². The largest absolute Gasteiger partial charge is 0.508 e. The molecule has 1 aromatic carbocycles. The lowest BCUT2D eigenvalue weighted by atomic mass is 10.0. The van der Waals surface area contributed by atoms with E-state index < -0.39 is 0 Å². The fourth-order valence-electron chi connectivity index (χ4n) is 1.23. The van der Waals surface area contributed by atoms with Gasteiger partial charge in [0.1, 0.15) is 5.75 Å². The van der Waals surface area contributed by atoms with E-state index >= 15 is 0 Å². The minimum atomic E-state index is -0.0657. The molecule has 1 aliphatic heterocycles. The van der Waals surface area contributed by atoms with Gasteiger partial charge in [-0.15, -0.1) is 0 Å². The van der Waals surface area contributed by atoms with E-state index in [-0.39, 0.29) is 18.0 Å². The van der Waals surface area contributed by atoms with Crippen LogP contribution in [0.15, 0.2) is 23.2 Å². The number of aliphatic imine (C=N–C) groups is 1. The first-order chi connectivity index (χ1) is 5.77. The zero-order chi connectivity index (χ0) is 8.55. The third kappa shape index (κ3) is 0.993. The van der Waals surface area contributed by atoms with Crippen LogP contribution in [-0.4, -0.2) is 17.1 Å². The minimum Gasteiger partial charge on any atom is -0.508 e. The predicted octanol–water partition coefficient (Wildman–Crippen LogP) is 1.22. The van der Waals surface area contributed by atoms with Crippen LogP contribution in [0.25, 0.3) is 0 Å². The summed E-state index contributed by atoms with van der Waals surface area (Å²) in [6.07, 6.45) is 1.55. The Morgan fingerprint density at radius 1 is 1.42 bits per heavy atom. The molecule has 2 rings (SSSR count). The average molecular weight is 161 g/mol. The summed E-state index contributed by atoms with van der Waals surface area (Å²) in [7, 11) is 0. The monoisotopic (exact) mass is 161 g/mol. The first-order valence-corrected chi connectivity index (χ1v) is 3.65. The van der Waals surface area contributed by atoms with Gasteiger partial charge in [0.2, 0.25) is 0 Å². The molecule has 0 aromatic heterocycles. The zero-order valence-corrected chi connectivity index (χ0v) is 6.32. The van der Waals surface area contributed by atoms with Crippen LogP contribution in [0.4, 0.5) is 5.69 Å². The normalized spacial score (nSPS) is 14.5. The molecule has 0 atom stereocenters. The van der Waals surface area contributed by atoms with Gasteiger partial charge in [0.05, 0.1) is 11.9 Å². The lowest BCUT2D eigenvalue weighted by molar-refractivity contribution is -0.112. The van der Waals surface area contributed by atoms with Crippen molar-refractivity contribution in [1.82, 2.24) is 0 Å². The van der Waals surface area contributed by atoms with Crippen molar-refractivity contribution in [3.63, 3.8) is 0 Å². The van der Waals surface area contributed by atoms with Gasteiger partial charge < -0.3 is 5.11 Å². The molecule has 3 nitrogen and oxygen atoms in total. The molecule has 0 bridgehead atoms. The number of rotatable bonds is 0. The van der Waals surface area contributed by atoms with Crippen molar-refractivity contribution >= 4 is 17.7 Å². The number of nitrogens with zero attached hydrogens (tertiary/aromatic N) is 1. The fraction of sp³-hybridized carbons (Fsp3) is 0.111. The van der Waals surface area contributed by atoms with Crippen LogP contribution in [0.1, 0.15) is 5.56 Å². The molecular weight excluding hydrogens is 154 g/mol. The van der Waals surface area contributed by atoms with E-state index in [1.807, 2.05) is 0 Å². The summed E-state index contributed by atoms with van der Waals surface area (Å²) in [5.74, 6) is 0.0849. The molecule has 1 heterocycles. The maximum absolute atomic E-state index is 10.9. The van der Waals surface area contributed by atoms with Crippen molar-refractivity contribution in [3.8, 4) is 5.75 Å². The molecule has 0 saturated carbocycles. The Morgan fingerprint density at radius 3 is 3.08 bits per heavy atom. The second kappa shape index (κ2) is 2.44. The van der Waals surface area contributed by atoms with Gasteiger partial charge in [-0.25, -0.2) is 0 Å². The van der Waals surface area contributed by atoms with Crippen molar-refractivity contribution < 1.29 is 9.90 Å². The minimum absolute atomic E-state index is 0.0657. The maximum Gasteiger partial charge on any atom is 0.178 e. The molecular formula is C9H7NO2. The first-order valence-electron chi connectivity index (χ1n) is 3.65. The van der Waals surface area contributed by atoms with Gasteiger partial charge in [0, 0.05) is 12.0 Å². The molecule has 1 aliphatic rings. The highest BCUT2D eigenvalue weighted by molar-refractivity contribution is 6.30. The van der Waals surface area contributed by atoms with E-state index in [9.17, 15) is 9.90 Å². The first kappa shape index (κ1) is 7.03. The molecule has 0 saturated heterocycles. The van der Waals surface area contributed by atoms with Crippen LogP contribution in [0.3, 0.4) is 0 Å². The number of carbonyl (C=O) groups excluding carboxylic acids is 1. The molecule has 0 radical (unpaired) electrons. The third-order valence-electron chi connectivity index (χ3n) is 1.83. The average Bonchev–Trinajstić information content (AvgIpc) is 2.07. The highest BCUT2D eigenvalue weighted by Gasteiger charge is 2.14. The summed E-state index contributed by atoms with van der Waals surface area (Å²) < 4.78 is 0. The molecule has 60 valence electrons. The van der Waals surface area contributed by atoms with E-state index in [1.165, 1.54) is 6.21 Å². The van der Waals surface area contributed by atoms with Crippen LogP contribution in [0.5, 0.6) is 5.75 Å². The maximum atomic E-state index is 10.9. The Morgan fingerprint density at radius 2 is 2.25 bits per heavy atom. The molecule has 1 N–H and O–H groups in total. The Bertz CT molecular complexity index is 369. The number of ketones is 1. The number of carbonyl (C=O) groups is 1. The van der Waals surface area contributed by atoms with Crippen molar-refractivity contribution in [2.24, 2.45) is 4.99 Å². The van der Waals surface area contributed by atoms with Gasteiger partial charge in [0.25, 0.3) is 0 Å². The SMILES string of the molecule is O=C1C=Nc2cccc(O)c2C1. The molecule has 3 heteroatoms. The van der Waals surface area contributed by atoms with E-state index in [0.29, 0.717) is 11.3 Å². The van der Waals surface area contributed by atoms with Crippen LogP contribution in [0.2, 0.25) is 0 Å². The second-order valence-electron chi connectivity index (χ2n) is 2.68. The standard InChI is InChI=1S/C9H7NO2/c11-6-4-7-8(10-5-6)2-1-3-9(7)12/h1-3,5,12H,4H2. The summed E-state index contributed by atoms with van der Waals surface area (Å²) >= 11 is 0. The zero-order valence-electron chi connectivity index (χ0n) is 6.32. The fourth-order valence-corrected chi connectivity index (χ4v) is 1.23. The number of hydrogen-bond acceptors (Lipinski definition) is 3. The van der Waals surface area contributed by atoms with Crippen LogP contribution >= 0.6 is 0 Å². The summed E-state index contributed by atoms with van der Waals surface area (Å²) in [5.41, 5.74) is 1.32. The van der Waals surface area contributed by atoms with Crippen LogP contribution in [0, 0.1) is 0 Å². The third-order valence-corrected chi connectivity index (χ3v) is 1.83. The Balaban J connectivity index is 2.60. The quantitative estimate of drug-likeness (QED) is 0.621. The molecule has 1 aromatic rings. The lowest BCUT2D eigenvalue weighted by Crippen LogP contribution is -2.08. The van der Waals surface area contributed by atoms with Crippen LogP contribution < -0.4 is 0 Å². The molecule has 0 aliphatic carbocycles. The topological polar surface area (TPSA) is 49.7 Å². The molecule has 0 spiro atoms. The van der Waals surface area contributed by atoms with Gasteiger partial charge in [-0.2, -0.15) is 0 Å². The van der Waals surface area contributed by atoms with E-state index in [1.54, 1.807) is 18.2 Å². The van der Waals surface area contributed by atoms with E-state index in [4.69, 9.17) is 0 Å². The predicted molar refractivity (Wildman–Crippen MR) is 45.0 cm³/mol. The summed E-state index contributed by atoms with van der Waals surface area (Å²) in [6.45, 7) is 0. The van der Waals surface area contributed by atoms with Crippen molar-refractivity contribution in [2.45, 2.75) is 6.42 Å². The number of Topliss-reactive ketones (excluding diaryl/α,β-unsaturated/α-hetero) is 1. The number of phenolic OH excluding ortho intramolecular Hbond substituents is 1. The number of aromatic hydroxyl groups is 1. The van der Waals surface area contributed by atoms with Gasteiger partial charge >= 0.3 is 0 Å². The van der Waals surface area contributed by atoms with Crippen LogP contribution in [-0.2, 0) is 11.2 Å². The highest BCUT2D eigenvalue weighted by Crippen LogP contribution is 2.29. The van der Waals surface area contributed by atoms with Gasteiger partial charge in [0.15, 0.2) is 5.78 Å². The van der Waals surface area contributed by atoms with Crippen molar-refractivity contribution in [3.05, 3.63) is 23.8 Å². The molecule has 0 fully saturated rings. The summed E-state index contributed by atoms with van der Waals surface area (Å²) in [5, 5.41) is 9.35. The lowest BCUT2D eigenvalue weighted by Gasteiger charge is -2.09. The Labute approximate surface area is 69.4 Å². The van der Waals surface area contributed by atoms with E-state index in [0.717, 1.165) is 0 Å². The van der Waals surface area contributed by atoms with Gasteiger partial charge in [-0.05, 0) is 12.1 Å². The summed E-state index contributed by atoms with van der Waals surface area (Å²) in [6, 6.07) is 5.05. The van der Waals surface area contributed by atoms with Gasteiger partial charge in [-0.3, -0.25) is 9.79 Å². The summed E-state index contributed by atoms with van der Waals surface area (Å²) in [4.78, 5) is 14.8. The molecule has 0 unspecified atom stereocenters. The van der Waals surface area contributed by atoms with Gasteiger partial charge in [-0.1, -0.05) is 6.07 Å². The number of phenols is 1. The smallest absolute Gasteiger partial charge is 0.178 e. The Hall–Kier alpha value is -1.64. The Kier molecular flexibility index (Phi) is 1.43. The number of benzene rings is 1.